The highest BCUT2D eigenvalue weighted by Crippen LogP contribution is 2.48. The maximum absolute atomic E-state index is 12.8. The molecule has 3 nitrogen and oxygen atoms in total. The minimum absolute atomic E-state index is 0.00495. The van der Waals surface area contributed by atoms with Gasteiger partial charge in [0.2, 0.25) is 0 Å². The Balaban J connectivity index is 2.45. The van der Waals surface area contributed by atoms with Crippen molar-refractivity contribution in [3.63, 3.8) is 0 Å². The first kappa shape index (κ1) is 34.5. The maximum atomic E-state index is 12.8. The average molecular weight is 531 g/mol. The van der Waals surface area contributed by atoms with E-state index >= 15 is 0 Å². The van der Waals surface area contributed by atoms with Crippen molar-refractivity contribution < 1.29 is 15.0 Å². The standard InChI is InChI=1S/C35H62O3/c1-4-7-10-11-12-13-14-15-16-17-18-19-20-21-22-23-24-33(31-25-27-32(36)28-26-31)35(34(37)38,29-8-5-2)30-9-6-3/h25-28,33,36H,4-24,29-30H2,1-3H3,(H,37,38). The minimum atomic E-state index is -0.710. The van der Waals surface area contributed by atoms with Crippen molar-refractivity contribution in [2.24, 2.45) is 5.41 Å². The fraction of sp³-hybridized carbons (Fsp3) is 0.800. The summed E-state index contributed by atoms with van der Waals surface area (Å²) < 4.78 is 0. The van der Waals surface area contributed by atoms with Gasteiger partial charge in [-0.15, -0.1) is 0 Å². The molecule has 1 aromatic carbocycles. The highest BCUT2D eigenvalue weighted by molar-refractivity contribution is 5.76. The molecule has 0 aliphatic rings. The number of aliphatic carboxylic acids is 1. The molecular formula is C35H62O3. The van der Waals surface area contributed by atoms with Crippen LogP contribution in [0.1, 0.15) is 180 Å². The van der Waals surface area contributed by atoms with E-state index in [4.69, 9.17) is 0 Å². The number of phenols is 1. The van der Waals surface area contributed by atoms with Crippen LogP contribution in [-0.2, 0) is 4.79 Å². The molecule has 3 heteroatoms. The second kappa shape index (κ2) is 22.3. The Labute approximate surface area is 236 Å². The van der Waals surface area contributed by atoms with Gasteiger partial charge in [-0.05, 0) is 42.9 Å². The van der Waals surface area contributed by atoms with Crippen LogP contribution in [0.5, 0.6) is 5.75 Å². The van der Waals surface area contributed by atoms with Crippen molar-refractivity contribution in [3.05, 3.63) is 29.8 Å². The van der Waals surface area contributed by atoms with Gasteiger partial charge in [0, 0.05) is 0 Å². The molecule has 0 fully saturated rings. The molecule has 0 amide bonds. The van der Waals surface area contributed by atoms with Crippen LogP contribution in [0.2, 0.25) is 0 Å². The van der Waals surface area contributed by atoms with Gasteiger partial charge in [-0.1, -0.05) is 161 Å². The number of unbranched alkanes of at least 4 members (excludes halogenated alkanes) is 17. The largest absolute Gasteiger partial charge is 0.508 e. The van der Waals surface area contributed by atoms with E-state index in [1.54, 1.807) is 12.1 Å². The highest BCUT2D eigenvalue weighted by atomic mass is 16.4. The third-order valence-corrected chi connectivity index (χ3v) is 8.69. The number of benzene rings is 1. The first-order valence-corrected chi connectivity index (χ1v) is 16.5. The zero-order valence-corrected chi connectivity index (χ0v) is 25.5. The van der Waals surface area contributed by atoms with E-state index < -0.39 is 11.4 Å². The first-order chi connectivity index (χ1) is 18.5. The molecule has 0 radical (unpaired) electrons. The van der Waals surface area contributed by atoms with Gasteiger partial charge in [0.15, 0.2) is 0 Å². The van der Waals surface area contributed by atoms with Crippen LogP contribution >= 0.6 is 0 Å². The van der Waals surface area contributed by atoms with E-state index in [1.165, 1.54) is 96.3 Å². The third-order valence-electron chi connectivity index (χ3n) is 8.69. The van der Waals surface area contributed by atoms with Crippen molar-refractivity contribution in [2.45, 2.75) is 174 Å². The zero-order valence-electron chi connectivity index (χ0n) is 25.5. The molecule has 0 aromatic heterocycles. The quantitative estimate of drug-likeness (QED) is 0.117. The van der Waals surface area contributed by atoms with Gasteiger partial charge in [-0.2, -0.15) is 0 Å². The lowest BCUT2D eigenvalue weighted by molar-refractivity contribution is -0.152. The van der Waals surface area contributed by atoms with Crippen LogP contribution < -0.4 is 0 Å². The summed E-state index contributed by atoms with van der Waals surface area (Å²) in [5.74, 6) is -0.378. The zero-order chi connectivity index (χ0) is 27.9. The topological polar surface area (TPSA) is 57.5 Å². The van der Waals surface area contributed by atoms with Crippen LogP contribution in [0, 0.1) is 5.41 Å². The van der Waals surface area contributed by atoms with Crippen LogP contribution in [0.15, 0.2) is 24.3 Å². The molecule has 0 aliphatic heterocycles. The molecule has 38 heavy (non-hydrogen) atoms. The Hall–Kier alpha value is -1.51. The van der Waals surface area contributed by atoms with Crippen molar-refractivity contribution in [1.29, 1.82) is 0 Å². The smallest absolute Gasteiger partial charge is 0.310 e. The van der Waals surface area contributed by atoms with E-state index in [0.717, 1.165) is 56.9 Å². The van der Waals surface area contributed by atoms with Gasteiger partial charge in [0.1, 0.15) is 5.75 Å². The van der Waals surface area contributed by atoms with Crippen LogP contribution in [0.4, 0.5) is 0 Å². The molecule has 0 bridgehead atoms. The molecule has 0 heterocycles. The van der Waals surface area contributed by atoms with Gasteiger partial charge in [0.25, 0.3) is 0 Å². The Morgan fingerprint density at radius 2 is 0.974 bits per heavy atom. The van der Waals surface area contributed by atoms with Gasteiger partial charge in [-0.25, -0.2) is 0 Å². The normalized spacial score (nSPS) is 12.6. The predicted octanol–water partition coefficient (Wildman–Crippen LogP) is 11.6. The van der Waals surface area contributed by atoms with Gasteiger partial charge < -0.3 is 10.2 Å². The van der Waals surface area contributed by atoms with Gasteiger partial charge in [-0.3, -0.25) is 4.79 Å². The molecule has 2 N–H and O–H groups in total. The number of carboxylic acids is 1. The monoisotopic (exact) mass is 530 g/mol. The first-order valence-electron chi connectivity index (χ1n) is 16.5. The van der Waals surface area contributed by atoms with E-state index in [1.807, 2.05) is 12.1 Å². The fourth-order valence-corrected chi connectivity index (χ4v) is 6.19. The average Bonchev–Trinajstić information content (AvgIpc) is 2.92. The Morgan fingerprint density at radius 3 is 1.34 bits per heavy atom. The highest BCUT2D eigenvalue weighted by Gasteiger charge is 2.44. The number of carboxylic acid groups (broad SMARTS) is 1. The Bertz CT molecular complexity index is 673. The molecule has 1 aromatic rings. The number of carbonyl (C=O) groups is 1. The van der Waals surface area contributed by atoms with Crippen molar-refractivity contribution in [3.8, 4) is 5.75 Å². The van der Waals surface area contributed by atoms with Crippen molar-refractivity contribution >= 4 is 5.97 Å². The van der Waals surface area contributed by atoms with Gasteiger partial charge in [0.05, 0.1) is 5.41 Å². The molecule has 220 valence electrons. The SMILES string of the molecule is CCCCCCCCCCCCCCCCCCC(c1ccc(O)cc1)C(CCCC)(CCCC)C(=O)O. The summed E-state index contributed by atoms with van der Waals surface area (Å²) in [7, 11) is 0. The molecule has 1 unspecified atom stereocenters. The Morgan fingerprint density at radius 1 is 0.605 bits per heavy atom. The maximum Gasteiger partial charge on any atom is 0.310 e. The van der Waals surface area contributed by atoms with Crippen LogP contribution in [0.25, 0.3) is 0 Å². The summed E-state index contributed by atoms with van der Waals surface area (Å²) in [5, 5.41) is 20.4. The number of hydrogen-bond acceptors (Lipinski definition) is 2. The second-order valence-electron chi connectivity index (χ2n) is 11.9. The summed E-state index contributed by atoms with van der Waals surface area (Å²) in [4.78, 5) is 12.8. The molecule has 1 atom stereocenters. The van der Waals surface area contributed by atoms with E-state index in [9.17, 15) is 15.0 Å². The predicted molar refractivity (Wildman–Crippen MR) is 164 cm³/mol. The number of phenolic OH excluding ortho intramolecular Hbond substituents is 1. The van der Waals surface area contributed by atoms with Gasteiger partial charge >= 0.3 is 5.97 Å². The fourth-order valence-electron chi connectivity index (χ4n) is 6.19. The summed E-state index contributed by atoms with van der Waals surface area (Å²) in [6.45, 7) is 6.58. The molecule has 0 aliphatic carbocycles. The van der Waals surface area contributed by atoms with E-state index in [0.29, 0.717) is 0 Å². The number of aromatic hydroxyl groups is 1. The summed E-state index contributed by atoms with van der Waals surface area (Å²) in [6.07, 6.45) is 27.9. The molecule has 1 rings (SSSR count). The Kier molecular flexibility index (Phi) is 20.3. The lowest BCUT2D eigenvalue weighted by atomic mass is 9.64. The van der Waals surface area contributed by atoms with E-state index in [2.05, 4.69) is 20.8 Å². The van der Waals surface area contributed by atoms with Crippen LogP contribution in [0.3, 0.4) is 0 Å². The number of rotatable bonds is 26. The minimum Gasteiger partial charge on any atom is -0.508 e. The summed E-state index contributed by atoms with van der Waals surface area (Å²) >= 11 is 0. The molecule has 0 saturated carbocycles. The molecule has 0 saturated heterocycles. The summed E-state index contributed by atoms with van der Waals surface area (Å²) in [5.41, 5.74) is 0.372. The van der Waals surface area contributed by atoms with Crippen molar-refractivity contribution in [2.75, 3.05) is 0 Å². The molecular weight excluding hydrogens is 468 g/mol. The lowest BCUT2D eigenvalue weighted by Gasteiger charge is -2.38. The van der Waals surface area contributed by atoms with E-state index in [-0.39, 0.29) is 11.7 Å². The lowest BCUT2D eigenvalue weighted by Crippen LogP contribution is -2.38. The molecule has 0 spiro atoms. The third kappa shape index (κ3) is 14.0. The van der Waals surface area contributed by atoms with Crippen molar-refractivity contribution in [1.82, 2.24) is 0 Å². The second-order valence-corrected chi connectivity index (χ2v) is 11.9. The summed E-state index contributed by atoms with van der Waals surface area (Å²) in [6, 6.07) is 7.37. The number of hydrogen-bond donors (Lipinski definition) is 2. The van der Waals surface area contributed by atoms with Crippen LogP contribution in [-0.4, -0.2) is 16.2 Å².